The molecule has 0 saturated heterocycles. The van der Waals surface area contributed by atoms with Crippen LogP contribution in [0.5, 0.6) is 0 Å². The van der Waals surface area contributed by atoms with Gasteiger partial charge >= 0.3 is 6.18 Å². The normalized spacial score (nSPS) is 14.9. The number of nitrogens with zero attached hydrogens (tertiary/aromatic N) is 2. The van der Waals surface area contributed by atoms with Crippen LogP contribution in [0.1, 0.15) is 34.5 Å². The first-order chi connectivity index (χ1) is 9.95. The molecule has 0 amide bonds. The third-order valence-electron chi connectivity index (χ3n) is 3.46. The van der Waals surface area contributed by atoms with Crippen molar-refractivity contribution >= 4 is 5.78 Å². The van der Waals surface area contributed by atoms with Gasteiger partial charge in [0.15, 0.2) is 11.6 Å². The number of aryl methyl sites for hydroxylation is 1. The zero-order valence-electron chi connectivity index (χ0n) is 10.9. The molecule has 3 nitrogen and oxygen atoms in total. The molecule has 0 spiro atoms. The lowest BCUT2D eigenvalue weighted by Crippen LogP contribution is -2.13. The maximum Gasteiger partial charge on any atom is 0.416 e. The Kier molecular flexibility index (Phi) is 3.23. The van der Waals surface area contributed by atoms with Crippen LogP contribution in [-0.4, -0.2) is 15.8 Å². The van der Waals surface area contributed by atoms with E-state index >= 15 is 0 Å². The molecule has 1 aliphatic rings. The van der Waals surface area contributed by atoms with E-state index in [0.29, 0.717) is 35.5 Å². The van der Waals surface area contributed by atoms with E-state index in [1.165, 1.54) is 18.3 Å². The molecule has 3 rings (SSSR count). The van der Waals surface area contributed by atoms with E-state index < -0.39 is 11.7 Å². The minimum Gasteiger partial charge on any atom is -0.294 e. The first-order valence-electron chi connectivity index (χ1n) is 6.52. The summed E-state index contributed by atoms with van der Waals surface area (Å²) in [6.45, 7) is 0. The van der Waals surface area contributed by atoms with E-state index in [-0.39, 0.29) is 5.78 Å². The van der Waals surface area contributed by atoms with Crippen molar-refractivity contribution in [1.29, 1.82) is 0 Å². The number of halogens is 3. The summed E-state index contributed by atoms with van der Waals surface area (Å²) in [5, 5.41) is 0. The summed E-state index contributed by atoms with van der Waals surface area (Å²) < 4.78 is 37.6. The molecular weight excluding hydrogens is 281 g/mol. The molecule has 108 valence electrons. The number of carbonyl (C=O) groups is 1. The smallest absolute Gasteiger partial charge is 0.294 e. The highest BCUT2D eigenvalue weighted by Gasteiger charge is 2.30. The quantitative estimate of drug-likeness (QED) is 0.805. The average molecular weight is 292 g/mol. The average Bonchev–Trinajstić information content (AvgIpc) is 2.46. The lowest BCUT2D eigenvalue weighted by molar-refractivity contribution is -0.137. The molecule has 1 aliphatic carbocycles. The number of hydrogen-bond acceptors (Lipinski definition) is 3. The third kappa shape index (κ3) is 2.66. The van der Waals surface area contributed by atoms with Crippen molar-refractivity contribution in [1.82, 2.24) is 9.97 Å². The molecule has 2 aromatic rings. The van der Waals surface area contributed by atoms with Gasteiger partial charge in [0, 0.05) is 18.2 Å². The van der Waals surface area contributed by atoms with Crippen molar-refractivity contribution in [3.05, 3.63) is 47.3 Å². The summed E-state index contributed by atoms with van der Waals surface area (Å²) >= 11 is 0. The fourth-order valence-electron chi connectivity index (χ4n) is 2.34. The minimum absolute atomic E-state index is 0.0234. The highest BCUT2D eigenvalue weighted by Crippen LogP contribution is 2.30. The molecule has 1 heterocycles. The molecule has 1 aromatic heterocycles. The molecular formula is C15H11F3N2O. The van der Waals surface area contributed by atoms with Crippen LogP contribution in [0.25, 0.3) is 11.4 Å². The van der Waals surface area contributed by atoms with Crippen LogP contribution in [0.3, 0.4) is 0 Å². The summed E-state index contributed by atoms with van der Waals surface area (Å²) in [4.78, 5) is 20.1. The second-order valence-electron chi connectivity index (χ2n) is 4.91. The summed E-state index contributed by atoms with van der Waals surface area (Å²) in [6.07, 6.45) is -0.957. The number of fused-ring (bicyclic) bond motifs is 1. The monoisotopic (exact) mass is 292 g/mol. The van der Waals surface area contributed by atoms with E-state index in [0.717, 1.165) is 18.6 Å². The van der Waals surface area contributed by atoms with E-state index in [1.54, 1.807) is 0 Å². The number of ketones is 1. The number of hydrogen-bond donors (Lipinski definition) is 0. The van der Waals surface area contributed by atoms with E-state index in [4.69, 9.17) is 0 Å². The molecule has 0 bridgehead atoms. The lowest BCUT2D eigenvalue weighted by atomic mass is 9.96. The summed E-state index contributed by atoms with van der Waals surface area (Å²) in [7, 11) is 0. The molecule has 0 fully saturated rings. The van der Waals surface area contributed by atoms with E-state index in [2.05, 4.69) is 9.97 Å². The Morgan fingerprint density at radius 3 is 2.43 bits per heavy atom. The molecule has 0 saturated carbocycles. The number of Topliss-reactive ketones (excluding diaryl/α,β-unsaturated/α-hetero) is 1. The van der Waals surface area contributed by atoms with Crippen LogP contribution in [0.15, 0.2) is 30.5 Å². The maximum atomic E-state index is 12.5. The summed E-state index contributed by atoms with van der Waals surface area (Å²) in [6, 6.07) is 4.69. The predicted octanol–water partition coefficient (Wildman–Crippen LogP) is 3.68. The Bertz CT molecular complexity index is 693. The number of alkyl halides is 3. The van der Waals surface area contributed by atoms with Crippen LogP contribution in [0.2, 0.25) is 0 Å². The second-order valence-corrected chi connectivity index (χ2v) is 4.91. The summed E-state index contributed by atoms with van der Waals surface area (Å²) in [5.74, 6) is 0.368. The van der Waals surface area contributed by atoms with Crippen LogP contribution in [0, 0.1) is 0 Å². The maximum absolute atomic E-state index is 12.5. The van der Waals surface area contributed by atoms with E-state index in [9.17, 15) is 18.0 Å². The highest BCUT2D eigenvalue weighted by atomic mass is 19.4. The Morgan fingerprint density at radius 1 is 1.05 bits per heavy atom. The fourth-order valence-corrected chi connectivity index (χ4v) is 2.34. The van der Waals surface area contributed by atoms with Crippen molar-refractivity contribution in [2.24, 2.45) is 0 Å². The standard InChI is InChI=1S/C15H11F3N2O/c16-15(17,18)10-6-4-9(5-7-10)14-19-8-11-12(20-14)2-1-3-13(11)21/h4-8H,1-3H2. The molecule has 6 heteroatoms. The van der Waals surface area contributed by atoms with Crippen molar-refractivity contribution in [2.75, 3.05) is 0 Å². The van der Waals surface area contributed by atoms with Crippen LogP contribution in [0.4, 0.5) is 13.2 Å². The number of benzene rings is 1. The molecule has 21 heavy (non-hydrogen) atoms. The van der Waals surface area contributed by atoms with Gasteiger partial charge in [-0.3, -0.25) is 4.79 Å². The molecule has 0 N–H and O–H groups in total. The molecule has 0 atom stereocenters. The van der Waals surface area contributed by atoms with Crippen molar-refractivity contribution in [3.63, 3.8) is 0 Å². The highest BCUT2D eigenvalue weighted by molar-refractivity contribution is 5.97. The minimum atomic E-state index is -4.36. The Balaban J connectivity index is 1.96. The van der Waals surface area contributed by atoms with Gasteiger partial charge in [0.05, 0.1) is 16.8 Å². The zero-order valence-corrected chi connectivity index (χ0v) is 10.9. The third-order valence-corrected chi connectivity index (χ3v) is 3.46. The number of carbonyl (C=O) groups excluding carboxylic acids is 1. The predicted molar refractivity (Wildman–Crippen MR) is 69.7 cm³/mol. The van der Waals surface area contributed by atoms with Crippen molar-refractivity contribution in [3.8, 4) is 11.4 Å². The van der Waals surface area contributed by atoms with Crippen LogP contribution in [-0.2, 0) is 12.6 Å². The lowest BCUT2D eigenvalue weighted by Gasteiger charge is -2.14. The first kappa shape index (κ1) is 13.7. The van der Waals surface area contributed by atoms with Gasteiger partial charge in [0.1, 0.15) is 0 Å². The number of aromatic nitrogens is 2. The molecule has 0 aliphatic heterocycles. The Morgan fingerprint density at radius 2 is 1.76 bits per heavy atom. The SMILES string of the molecule is O=C1CCCc2nc(-c3ccc(C(F)(F)F)cc3)ncc21. The van der Waals surface area contributed by atoms with Gasteiger partial charge in [-0.1, -0.05) is 12.1 Å². The van der Waals surface area contributed by atoms with Gasteiger partial charge in [-0.15, -0.1) is 0 Å². The Labute approximate surface area is 118 Å². The van der Waals surface area contributed by atoms with Gasteiger partial charge < -0.3 is 0 Å². The molecule has 0 radical (unpaired) electrons. The first-order valence-corrected chi connectivity index (χ1v) is 6.52. The largest absolute Gasteiger partial charge is 0.416 e. The van der Waals surface area contributed by atoms with E-state index in [1.807, 2.05) is 0 Å². The van der Waals surface area contributed by atoms with Gasteiger partial charge in [0.25, 0.3) is 0 Å². The second kappa shape index (κ2) is 4.95. The Hall–Kier alpha value is -2.24. The number of rotatable bonds is 1. The fraction of sp³-hybridized carbons (Fsp3) is 0.267. The van der Waals surface area contributed by atoms with Crippen molar-refractivity contribution in [2.45, 2.75) is 25.4 Å². The zero-order chi connectivity index (χ0) is 15.0. The summed E-state index contributed by atoms with van der Waals surface area (Å²) in [5.41, 5.74) is 0.997. The van der Waals surface area contributed by atoms with Crippen LogP contribution >= 0.6 is 0 Å². The molecule has 1 aromatic carbocycles. The van der Waals surface area contributed by atoms with Gasteiger partial charge in [-0.25, -0.2) is 9.97 Å². The van der Waals surface area contributed by atoms with Crippen molar-refractivity contribution < 1.29 is 18.0 Å². The van der Waals surface area contributed by atoms with Gasteiger partial charge in [-0.05, 0) is 25.0 Å². The van der Waals surface area contributed by atoms with Gasteiger partial charge in [0.2, 0.25) is 0 Å². The van der Waals surface area contributed by atoms with Gasteiger partial charge in [-0.2, -0.15) is 13.2 Å². The van der Waals surface area contributed by atoms with Crippen LogP contribution < -0.4 is 0 Å². The topological polar surface area (TPSA) is 42.9 Å². The molecule has 0 unspecified atom stereocenters.